The fourth-order valence-corrected chi connectivity index (χ4v) is 5.94. The van der Waals surface area contributed by atoms with Crippen molar-refractivity contribution in [3.8, 4) is 0 Å². The summed E-state index contributed by atoms with van der Waals surface area (Å²) in [5.74, 6) is 0.613. The van der Waals surface area contributed by atoms with Crippen LogP contribution in [0.3, 0.4) is 0 Å². The second-order valence-corrected chi connectivity index (χ2v) is 7.90. The van der Waals surface area contributed by atoms with Crippen LogP contribution in [0.5, 0.6) is 0 Å². The van der Waals surface area contributed by atoms with Crippen LogP contribution in [-0.2, 0) is 9.59 Å². The van der Waals surface area contributed by atoms with Crippen LogP contribution in [0, 0.1) is 30.6 Å². The quantitative estimate of drug-likeness (QED) is 0.579. The topological polar surface area (TPSA) is 37.4 Å². The van der Waals surface area contributed by atoms with Crippen molar-refractivity contribution in [3.05, 3.63) is 41.0 Å². The fraction of sp³-hybridized carbons (Fsp3) is 0.524. The number of benzene rings is 1. The summed E-state index contributed by atoms with van der Waals surface area (Å²) in [6, 6.07) is 7.78. The van der Waals surface area contributed by atoms with Gasteiger partial charge >= 0.3 is 0 Å². The van der Waals surface area contributed by atoms with Gasteiger partial charge in [0.2, 0.25) is 11.8 Å². The molecule has 3 aliphatic carbocycles. The summed E-state index contributed by atoms with van der Waals surface area (Å²) >= 11 is 0. The van der Waals surface area contributed by atoms with Crippen LogP contribution in [0.25, 0.3) is 0 Å². The molecule has 0 bridgehead atoms. The van der Waals surface area contributed by atoms with E-state index in [-0.39, 0.29) is 23.7 Å². The molecule has 3 nitrogen and oxygen atoms in total. The molecule has 0 N–H and O–H groups in total. The van der Waals surface area contributed by atoms with E-state index in [4.69, 9.17) is 0 Å². The zero-order valence-corrected chi connectivity index (χ0v) is 14.1. The van der Waals surface area contributed by atoms with Gasteiger partial charge < -0.3 is 0 Å². The maximum atomic E-state index is 13.3. The molecule has 1 aromatic carbocycles. The Kier molecular flexibility index (Phi) is 3.04. The van der Waals surface area contributed by atoms with Gasteiger partial charge in [-0.25, -0.2) is 4.90 Å². The highest BCUT2D eigenvalue weighted by molar-refractivity contribution is 6.23. The van der Waals surface area contributed by atoms with Gasteiger partial charge in [0.15, 0.2) is 0 Å². The van der Waals surface area contributed by atoms with E-state index in [9.17, 15) is 9.59 Å². The van der Waals surface area contributed by atoms with E-state index in [2.05, 4.69) is 0 Å². The van der Waals surface area contributed by atoms with Crippen LogP contribution in [0.1, 0.15) is 44.1 Å². The lowest BCUT2D eigenvalue weighted by atomic mass is 9.66. The van der Waals surface area contributed by atoms with Crippen molar-refractivity contribution in [2.75, 3.05) is 4.90 Å². The third-order valence-corrected chi connectivity index (χ3v) is 6.85. The van der Waals surface area contributed by atoms with Gasteiger partial charge in [-0.15, -0.1) is 0 Å². The monoisotopic (exact) mass is 321 g/mol. The predicted octanol–water partition coefficient (Wildman–Crippen LogP) is 4.01. The van der Waals surface area contributed by atoms with E-state index in [0.717, 1.165) is 36.9 Å². The van der Waals surface area contributed by atoms with Gasteiger partial charge in [0.1, 0.15) is 0 Å². The number of carbonyl (C=O) groups is 2. The van der Waals surface area contributed by atoms with E-state index in [1.807, 2.05) is 31.2 Å². The standard InChI is InChI=1S/C21H23NO2/c1-12-6-2-3-11-17(12)22-20(23)18-15-9-4-7-13(15)14-8-5-10-16(14)19(18)21(22)24/h2-3,6,11,15-16,18-19H,4-5,7-10H2,1H3/t15-,16-,18-,19+/m0/s1. The van der Waals surface area contributed by atoms with Crippen molar-refractivity contribution >= 4 is 17.5 Å². The van der Waals surface area contributed by atoms with Gasteiger partial charge in [-0.1, -0.05) is 29.3 Å². The molecule has 0 unspecified atom stereocenters. The molecule has 4 atom stereocenters. The highest BCUT2D eigenvalue weighted by Gasteiger charge is 2.59. The first-order valence-corrected chi connectivity index (χ1v) is 9.33. The normalized spacial score (nSPS) is 34.6. The summed E-state index contributed by atoms with van der Waals surface area (Å²) < 4.78 is 0. The summed E-state index contributed by atoms with van der Waals surface area (Å²) in [7, 11) is 0. The van der Waals surface area contributed by atoms with Gasteiger partial charge in [0, 0.05) is 0 Å². The van der Waals surface area contributed by atoms with Crippen molar-refractivity contribution in [1.82, 2.24) is 0 Å². The van der Waals surface area contributed by atoms with E-state index >= 15 is 0 Å². The number of para-hydroxylation sites is 1. The minimum Gasteiger partial charge on any atom is -0.274 e. The summed E-state index contributed by atoms with van der Waals surface area (Å²) in [5.41, 5.74) is 4.92. The number of hydrogen-bond acceptors (Lipinski definition) is 2. The molecule has 0 radical (unpaired) electrons. The Hall–Kier alpha value is -1.90. The fourth-order valence-electron chi connectivity index (χ4n) is 5.94. The van der Waals surface area contributed by atoms with Crippen LogP contribution in [0.2, 0.25) is 0 Å². The third kappa shape index (κ3) is 1.73. The number of carbonyl (C=O) groups excluding carboxylic acids is 2. The number of allylic oxidation sites excluding steroid dienone is 2. The van der Waals surface area contributed by atoms with E-state index in [1.165, 1.54) is 17.7 Å². The second kappa shape index (κ2) is 5.05. The Morgan fingerprint density at radius 2 is 1.42 bits per heavy atom. The molecule has 3 heteroatoms. The van der Waals surface area contributed by atoms with Crippen LogP contribution < -0.4 is 4.90 Å². The van der Waals surface area contributed by atoms with E-state index < -0.39 is 0 Å². The number of anilines is 1. The maximum absolute atomic E-state index is 13.3. The molecule has 124 valence electrons. The summed E-state index contributed by atoms with van der Waals surface area (Å²) in [6.07, 6.45) is 6.87. The van der Waals surface area contributed by atoms with Crippen molar-refractivity contribution in [1.29, 1.82) is 0 Å². The van der Waals surface area contributed by atoms with Crippen LogP contribution >= 0.6 is 0 Å². The highest BCUT2D eigenvalue weighted by Crippen LogP contribution is 2.58. The van der Waals surface area contributed by atoms with Gasteiger partial charge in [-0.3, -0.25) is 9.59 Å². The first-order valence-electron chi connectivity index (χ1n) is 9.33. The van der Waals surface area contributed by atoms with E-state index in [1.54, 1.807) is 11.1 Å². The number of imide groups is 1. The zero-order chi connectivity index (χ0) is 16.4. The lowest BCUT2D eigenvalue weighted by Gasteiger charge is -2.34. The molecule has 1 heterocycles. The molecular weight excluding hydrogens is 298 g/mol. The van der Waals surface area contributed by atoms with Gasteiger partial charge in [-0.2, -0.15) is 0 Å². The average Bonchev–Trinajstić information content (AvgIpc) is 3.26. The van der Waals surface area contributed by atoms with Crippen LogP contribution in [-0.4, -0.2) is 11.8 Å². The number of amides is 2. The molecule has 1 aliphatic heterocycles. The minimum atomic E-state index is -0.0959. The Morgan fingerprint density at radius 1 is 0.875 bits per heavy atom. The molecular formula is C21H23NO2. The lowest BCUT2D eigenvalue weighted by Crippen LogP contribution is -2.35. The van der Waals surface area contributed by atoms with E-state index in [0.29, 0.717) is 11.8 Å². The number of aryl methyl sites for hydroxylation is 1. The molecule has 1 aromatic rings. The average molecular weight is 321 g/mol. The number of nitrogens with zero attached hydrogens (tertiary/aromatic N) is 1. The lowest BCUT2D eigenvalue weighted by molar-refractivity contribution is -0.122. The van der Waals surface area contributed by atoms with Gasteiger partial charge in [0.25, 0.3) is 0 Å². The van der Waals surface area contributed by atoms with Gasteiger partial charge in [0.05, 0.1) is 17.5 Å². The summed E-state index contributed by atoms with van der Waals surface area (Å²) in [4.78, 5) is 28.2. The second-order valence-electron chi connectivity index (χ2n) is 7.90. The number of fused-ring (bicyclic) bond motifs is 5. The molecule has 4 aliphatic rings. The van der Waals surface area contributed by atoms with Crippen LogP contribution in [0.4, 0.5) is 5.69 Å². The maximum Gasteiger partial charge on any atom is 0.238 e. The number of hydrogen-bond donors (Lipinski definition) is 0. The zero-order valence-electron chi connectivity index (χ0n) is 14.1. The van der Waals surface area contributed by atoms with Gasteiger partial charge in [-0.05, 0) is 68.9 Å². The molecule has 5 rings (SSSR count). The summed E-state index contributed by atoms with van der Waals surface area (Å²) in [5, 5.41) is 0. The minimum absolute atomic E-state index is 0.0645. The predicted molar refractivity (Wildman–Crippen MR) is 92.4 cm³/mol. The largest absolute Gasteiger partial charge is 0.274 e. The first kappa shape index (κ1) is 14.4. The highest BCUT2D eigenvalue weighted by atomic mass is 16.2. The van der Waals surface area contributed by atoms with Crippen molar-refractivity contribution in [2.45, 2.75) is 45.4 Å². The Labute approximate surface area is 142 Å². The Bertz CT molecular complexity index is 736. The summed E-state index contributed by atoms with van der Waals surface area (Å²) in [6.45, 7) is 1.98. The molecule has 0 spiro atoms. The molecule has 2 amide bonds. The molecule has 24 heavy (non-hydrogen) atoms. The molecule has 3 fully saturated rings. The first-order chi connectivity index (χ1) is 11.7. The van der Waals surface area contributed by atoms with Crippen LogP contribution in [0.15, 0.2) is 35.4 Å². The van der Waals surface area contributed by atoms with Crippen molar-refractivity contribution < 1.29 is 9.59 Å². The Balaban J connectivity index is 1.63. The van der Waals surface area contributed by atoms with Crippen molar-refractivity contribution in [2.24, 2.45) is 23.7 Å². The smallest absolute Gasteiger partial charge is 0.238 e. The molecule has 0 aromatic heterocycles. The Morgan fingerprint density at radius 3 is 1.96 bits per heavy atom. The molecule has 1 saturated heterocycles. The third-order valence-electron chi connectivity index (χ3n) is 6.85. The molecule has 2 saturated carbocycles. The number of rotatable bonds is 1. The van der Waals surface area contributed by atoms with Crippen molar-refractivity contribution in [3.63, 3.8) is 0 Å². The SMILES string of the molecule is Cc1ccccc1N1C(=O)[C@@H]2[C@H](C1=O)[C@H]1CCCC1=C1CCC[C@@H]12.